The van der Waals surface area contributed by atoms with Crippen LogP contribution >= 0.6 is 0 Å². The number of para-hydroxylation sites is 1. The summed E-state index contributed by atoms with van der Waals surface area (Å²) in [5.74, 6) is -1.90. The van der Waals surface area contributed by atoms with Crippen molar-refractivity contribution in [2.45, 2.75) is 31.0 Å². The lowest BCUT2D eigenvalue weighted by Gasteiger charge is -2.16. The molecule has 1 N–H and O–H groups in total. The number of fused-ring (bicyclic) bond motifs is 3. The molecule has 0 amide bonds. The van der Waals surface area contributed by atoms with Crippen LogP contribution in [0.15, 0.2) is 47.4 Å². The molecule has 1 aliphatic heterocycles. The Hall–Kier alpha value is -2.75. The quantitative estimate of drug-likeness (QED) is 0.768. The van der Waals surface area contributed by atoms with E-state index in [4.69, 9.17) is 8.92 Å². The first-order valence-electron chi connectivity index (χ1n) is 7.56. The van der Waals surface area contributed by atoms with Crippen molar-refractivity contribution in [2.24, 2.45) is 0 Å². The zero-order chi connectivity index (χ0) is 20.2. The second-order valence-electron chi connectivity index (χ2n) is 5.46. The van der Waals surface area contributed by atoms with Crippen molar-refractivity contribution < 1.29 is 40.4 Å². The van der Waals surface area contributed by atoms with Crippen LogP contribution in [0.25, 0.3) is 0 Å². The molecule has 0 spiro atoms. The zero-order valence-electron chi connectivity index (χ0n) is 13.9. The van der Waals surface area contributed by atoms with E-state index < -0.39 is 28.7 Å². The van der Waals surface area contributed by atoms with E-state index in [0.717, 1.165) is 0 Å². The lowest BCUT2D eigenvalue weighted by molar-refractivity contribution is -0.138. The number of aliphatic carboxylic acids is 1. The van der Waals surface area contributed by atoms with Crippen molar-refractivity contribution >= 4 is 16.1 Å². The van der Waals surface area contributed by atoms with Crippen LogP contribution in [0.1, 0.15) is 24.0 Å². The molecule has 1 heterocycles. The molecule has 2 aromatic carbocycles. The number of rotatable bonds is 2. The van der Waals surface area contributed by atoms with Gasteiger partial charge in [-0.3, -0.25) is 4.79 Å². The molecule has 2 aromatic rings. The molecule has 1 unspecified atom stereocenters. The van der Waals surface area contributed by atoms with Crippen LogP contribution in [0.5, 0.6) is 11.5 Å². The second kappa shape index (κ2) is 8.30. The van der Waals surface area contributed by atoms with E-state index >= 15 is 0 Å². The highest BCUT2D eigenvalue weighted by atomic mass is 32.2. The van der Waals surface area contributed by atoms with Gasteiger partial charge in [-0.15, -0.1) is 0 Å². The van der Waals surface area contributed by atoms with Crippen LogP contribution in [0.2, 0.25) is 0 Å². The van der Waals surface area contributed by atoms with E-state index in [0.29, 0.717) is 5.56 Å². The Labute approximate surface area is 153 Å². The first-order valence-corrected chi connectivity index (χ1v) is 8.97. The maximum absolute atomic E-state index is 12.5. The molecule has 0 aliphatic carbocycles. The molecule has 3 rings (SSSR count). The van der Waals surface area contributed by atoms with E-state index in [2.05, 4.69) is 0 Å². The summed E-state index contributed by atoms with van der Waals surface area (Å²) in [7, 11) is -4.07. The van der Waals surface area contributed by atoms with E-state index in [-0.39, 0.29) is 28.6 Å². The summed E-state index contributed by atoms with van der Waals surface area (Å²) in [6.07, 6.45) is 0. The average molecular weight is 404 g/mol. The van der Waals surface area contributed by atoms with Crippen LogP contribution in [0, 0.1) is 0 Å². The minimum atomic E-state index is -4.07. The van der Waals surface area contributed by atoms with Crippen molar-refractivity contribution in [2.75, 3.05) is 0 Å². The molecule has 2 bridgehead atoms. The molecule has 1 aliphatic rings. The Bertz CT molecular complexity index is 927. The largest absolute Gasteiger partial charge is 0.485 e. The van der Waals surface area contributed by atoms with Crippen molar-refractivity contribution in [3.63, 3.8) is 0 Å². The van der Waals surface area contributed by atoms with Gasteiger partial charge in [0.1, 0.15) is 11.5 Å². The Morgan fingerprint density at radius 1 is 1.15 bits per heavy atom. The molecular weight excluding hydrogens is 389 g/mol. The molecule has 1 atom stereocenters. The fourth-order valence-corrected chi connectivity index (χ4v) is 3.35. The van der Waals surface area contributed by atoms with Gasteiger partial charge in [-0.05, 0) is 30.7 Å². The van der Waals surface area contributed by atoms with E-state index in [1.165, 1.54) is 25.1 Å². The Balaban J connectivity index is 0.000000596. The molecule has 0 saturated carbocycles. The Morgan fingerprint density at radius 2 is 1.78 bits per heavy atom. The SMILES string of the molecule is CC(C(=O)O)c1cccc2c1OS(=O)(=O)c1cccc(c1)CO2.FC(F)F. The maximum atomic E-state index is 12.5. The molecule has 0 aromatic heterocycles. The highest BCUT2D eigenvalue weighted by Crippen LogP contribution is 2.39. The van der Waals surface area contributed by atoms with Gasteiger partial charge < -0.3 is 14.0 Å². The molecule has 0 radical (unpaired) electrons. The van der Waals surface area contributed by atoms with Gasteiger partial charge >= 0.3 is 22.8 Å². The predicted octanol–water partition coefficient (Wildman–Crippen LogP) is 3.71. The van der Waals surface area contributed by atoms with Gasteiger partial charge in [-0.1, -0.05) is 24.3 Å². The molecule has 0 fully saturated rings. The van der Waals surface area contributed by atoms with Crippen LogP contribution in [-0.4, -0.2) is 26.2 Å². The number of carboxylic acid groups (broad SMARTS) is 1. The first kappa shape index (κ1) is 20.6. The Kier molecular flexibility index (Phi) is 6.32. The second-order valence-corrected chi connectivity index (χ2v) is 7.00. The average Bonchev–Trinajstić information content (AvgIpc) is 2.62. The number of hydrogen-bond donors (Lipinski definition) is 1. The third kappa shape index (κ3) is 5.13. The van der Waals surface area contributed by atoms with Crippen LogP contribution in [0.4, 0.5) is 13.2 Å². The summed E-state index contributed by atoms with van der Waals surface area (Å²) in [4.78, 5) is 11.3. The summed E-state index contributed by atoms with van der Waals surface area (Å²) in [5, 5.41) is 9.22. The maximum Gasteiger partial charge on any atom is 0.379 e. The van der Waals surface area contributed by atoms with Crippen molar-refractivity contribution in [1.82, 2.24) is 0 Å². The third-order valence-electron chi connectivity index (χ3n) is 3.62. The standard InChI is InChI=1S/C16H14O6S.CHF3/c1-10(16(17)18)13-6-3-7-14-15(13)22-23(19,20)12-5-2-4-11(8-12)9-21-14;2-1(3)4/h2-8,10H,9H2,1H3,(H,17,18);1H. The minimum Gasteiger partial charge on any atom is -0.485 e. The minimum absolute atomic E-state index is 0.00392. The van der Waals surface area contributed by atoms with Crippen LogP contribution in [0.3, 0.4) is 0 Å². The van der Waals surface area contributed by atoms with Gasteiger partial charge in [-0.25, -0.2) is 0 Å². The van der Waals surface area contributed by atoms with Crippen LogP contribution in [-0.2, 0) is 21.5 Å². The van der Waals surface area contributed by atoms with Gasteiger partial charge in [0.05, 0.1) is 5.92 Å². The number of carboxylic acids is 1. The smallest absolute Gasteiger partial charge is 0.379 e. The molecule has 146 valence electrons. The highest BCUT2D eigenvalue weighted by molar-refractivity contribution is 7.87. The van der Waals surface area contributed by atoms with Gasteiger partial charge in [0.25, 0.3) is 0 Å². The lowest BCUT2D eigenvalue weighted by Crippen LogP contribution is -2.14. The summed E-state index contributed by atoms with van der Waals surface area (Å²) in [6, 6.07) is 10.9. The number of hydrogen-bond acceptors (Lipinski definition) is 5. The highest BCUT2D eigenvalue weighted by Gasteiger charge is 2.27. The topological polar surface area (TPSA) is 89.9 Å². The number of carbonyl (C=O) groups is 1. The van der Waals surface area contributed by atoms with E-state index in [1.54, 1.807) is 24.3 Å². The van der Waals surface area contributed by atoms with E-state index in [9.17, 15) is 31.5 Å². The first-order chi connectivity index (χ1) is 12.6. The van der Waals surface area contributed by atoms with E-state index in [1.807, 2.05) is 0 Å². The third-order valence-corrected chi connectivity index (χ3v) is 4.84. The van der Waals surface area contributed by atoms with Crippen molar-refractivity contribution in [3.05, 3.63) is 53.6 Å². The van der Waals surface area contributed by atoms with Gasteiger partial charge in [-0.2, -0.15) is 21.6 Å². The summed E-state index contributed by atoms with van der Waals surface area (Å²) < 4.78 is 64.8. The molecule has 10 heteroatoms. The number of halogens is 3. The predicted molar refractivity (Wildman–Crippen MR) is 88.2 cm³/mol. The van der Waals surface area contributed by atoms with Gasteiger partial charge in [0, 0.05) is 5.56 Å². The summed E-state index contributed by atoms with van der Waals surface area (Å²) in [6.45, 7) is -2.05. The Morgan fingerprint density at radius 3 is 2.41 bits per heavy atom. The van der Waals surface area contributed by atoms with Crippen molar-refractivity contribution in [1.29, 1.82) is 0 Å². The summed E-state index contributed by atoms with van der Waals surface area (Å²) in [5.41, 5.74) is 0.924. The molecular formula is C17H15F3O6S. The van der Waals surface area contributed by atoms with Gasteiger partial charge in [0.2, 0.25) is 0 Å². The number of ether oxygens (including phenoxy) is 1. The van der Waals surface area contributed by atoms with Crippen LogP contribution < -0.4 is 8.92 Å². The normalized spacial score (nSPS) is 15.4. The molecule has 27 heavy (non-hydrogen) atoms. The fraction of sp³-hybridized carbons (Fsp3) is 0.235. The molecule has 0 saturated heterocycles. The number of benzene rings is 2. The lowest BCUT2D eigenvalue weighted by atomic mass is 10.00. The van der Waals surface area contributed by atoms with Gasteiger partial charge in [0.15, 0.2) is 11.5 Å². The monoisotopic (exact) mass is 404 g/mol. The zero-order valence-corrected chi connectivity index (χ0v) is 14.8. The number of alkyl halides is 3. The van der Waals surface area contributed by atoms with Crippen molar-refractivity contribution in [3.8, 4) is 11.5 Å². The molecule has 6 nitrogen and oxygen atoms in total. The summed E-state index contributed by atoms with van der Waals surface area (Å²) >= 11 is 0. The fourth-order valence-electron chi connectivity index (χ4n) is 2.32.